The molecule has 28 heavy (non-hydrogen) atoms. The topological polar surface area (TPSA) is 83.2 Å². The number of anilines is 1. The number of carbonyl (C=O) groups excluding carboxylic acids is 2. The fraction of sp³-hybridized carbons (Fsp3) is 0.429. The van der Waals surface area contributed by atoms with E-state index in [1.807, 2.05) is 12.1 Å². The van der Waals surface area contributed by atoms with Crippen LogP contribution in [0.25, 0.3) is 0 Å². The van der Waals surface area contributed by atoms with Gasteiger partial charge in [-0.05, 0) is 50.1 Å². The molecule has 7 heteroatoms. The van der Waals surface area contributed by atoms with Crippen LogP contribution in [0.4, 0.5) is 5.69 Å². The number of aryl methyl sites for hydroxylation is 1. The first-order valence-electron chi connectivity index (χ1n) is 9.67. The molecule has 152 valence electrons. The molecule has 0 radical (unpaired) electrons. The summed E-state index contributed by atoms with van der Waals surface area (Å²) in [5.41, 5.74) is 2.52. The van der Waals surface area contributed by atoms with Crippen molar-refractivity contribution in [2.45, 2.75) is 39.0 Å². The van der Waals surface area contributed by atoms with Crippen molar-refractivity contribution in [3.05, 3.63) is 47.3 Å². The van der Waals surface area contributed by atoms with Crippen molar-refractivity contribution in [3.63, 3.8) is 0 Å². The van der Waals surface area contributed by atoms with Crippen molar-refractivity contribution >= 4 is 29.8 Å². The van der Waals surface area contributed by atoms with Gasteiger partial charge in [0.25, 0.3) is 5.91 Å². The van der Waals surface area contributed by atoms with E-state index in [-0.39, 0.29) is 24.1 Å². The van der Waals surface area contributed by atoms with Gasteiger partial charge in [0.2, 0.25) is 0 Å². The van der Waals surface area contributed by atoms with Gasteiger partial charge in [0.05, 0.1) is 11.1 Å². The summed E-state index contributed by atoms with van der Waals surface area (Å²) in [6.07, 6.45) is 6.14. The summed E-state index contributed by atoms with van der Waals surface area (Å²) in [7, 11) is 0. The van der Waals surface area contributed by atoms with E-state index < -0.39 is 0 Å². The maximum Gasteiger partial charge on any atom is 0.257 e. The van der Waals surface area contributed by atoms with E-state index in [0.717, 1.165) is 37.4 Å². The minimum atomic E-state index is -0.267. The average Bonchev–Trinajstić information content (AvgIpc) is 3.11. The van der Waals surface area contributed by atoms with Crippen LogP contribution in [0.3, 0.4) is 0 Å². The van der Waals surface area contributed by atoms with E-state index in [9.17, 15) is 9.59 Å². The van der Waals surface area contributed by atoms with Crippen LogP contribution < -0.4 is 15.4 Å². The Kier molecular flexibility index (Phi) is 8.54. The molecule has 0 spiro atoms. The number of aromatic nitrogens is 1. The number of amides is 1. The quantitative estimate of drug-likeness (QED) is 0.551. The number of benzene rings is 1. The van der Waals surface area contributed by atoms with E-state index in [2.05, 4.69) is 22.5 Å². The maximum absolute atomic E-state index is 12.6. The van der Waals surface area contributed by atoms with Gasteiger partial charge in [0.15, 0.2) is 5.78 Å². The molecule has 0 aliphatic heterocycles. The van der Waals surface area contributed by atoms with Crippen LogP contribution in [-0.4, -0.2) is 36.4 Å². The van der Waals surface area contributed by atoms with Crippen molar-refractivity contribution in [2.24, 2.45) is 0 Å². The predicted molar refractivity (Wildman–Crippen MR) is 113 cm³/mol. The average molecular weight is 406 g/mol. The number of aromatic amines is 1. The van der Waals surface area contributed by atoms with Crippen LogP contribution in [0.2, 0.25) is 0 Å². The molecule has 3 N–H and O–H groups in total. The number of carbonyl (C=O) groups is 2. The smallest absolute Gasteiger partial charge is 0.257 e. The highest BCUT2D eigenvalue weighted by atomic mass is 35.5. The third-order valence-electron chi connectivity index (χ3n) is 4.68. The van der Waals surface area contributed by atoms with Gasteiger partial charge in [0, 0.05) is 30.5 Å². The standard InChI is InChI=1S/C21H27N3O3.ClH/c1-2-3-11-22-12-13-27-16-9-7-15(8-10-16)24-21(26)17-14-23-18-5-4-6-19(25)20(17)18;/h7-10,14,22-23H,2-6,11-13H2,1H3,(H,24,26);1H. The lowest BCUT2D eigenvalue weighted by Crippen LogP contribution is -2.21. The number of ketones is 1. The monoisotopic (exact) mass is 405 g/mol. The predicted octanol–water partition coefficient (Wildman–Crippen LogP) is 3.98. The Morgan fingerprint density at radius 2 is 1.96 bits per heavy atom. The number of hydrogen-bond donors (Lipinski definition) is 3. The zero-order valence-corrected chi connectivity index (χ0v) is 17.0. The lowest BCUT2D eigenvalue weighted by Gasteiger charge is -2.12. The van der Waals surface area contributed by atoms with Crippen LogP contribution in [0.15, 0.2) is 30.5 Å². The Hall–Kier alpha value is -2.31. The highest BCUT2D eigenvalue weighted by molar-refractivity contribution is 6.13. The van der Waals surface area contributed by atoms with Crippen LogP contribution in [0.5, 0.6) is 5.75 Å². The summed E-state index contributed by atoms with van der Waals surface area (Å²) in [6, 6.07) is 7.27. The minimum absolute atomic E-state index is 0. The lowest BCUT2D eigenvalue weighted by atomic mass is 9.93. The number of fused-ring (bicyclic) bond motifs is 1. The van der Waals surface area contributed by atoms with Crippen LogP contribution in [0, 0.1) is 0 Å². The first-order chi connectivity index (χ1) is 13.2. The maximum atomic E-state index is 12.6. The molecule has 0 saturated heterocycles. The largest absolute Gasteiger partial charge is 0.492 e. The van der Waals surface area contributed by atoms with Crippen LogP contribution >= 0.6 is 12.4 Å². The van der Waals surface area contributed by atoms with Gasteiger partial charge in [-0.15, -0.1) is 12.4 Å². The van der Waals surface area contributed by atoms with Crippen LogP contribution in [-0.2, 0) is 6.42 Å². The third kappa shape index (κ3) is 5.59. The molecule has 0 fully saturated rings. The minimum Gasteiger partial charge on any atom is -0.492 e. The second kappa shape index (κ2) is 10.9. The lowest BCUT2D eigenvalue weighted by molar-refractivity contribution is 0.0956. The Labute approximate surface area is 171 Å². The van der Waals surface area contributed by atoms with E-state index in [1.54, 1.807) is 18.3 Å². The van der Waals surface area contributed by atoms with Gasteiger partial charge in [-0.1, -0.05) is 13.3 Å². The summed E-state index contributed by atoms with van der Waals surface area (Å²) >= 11 is 0. The molecule has 2 aromatic rings. The zero-order valence-electron chi connectivity index (χ0n) is 16.2. The molecule has 1 aliphatic carbocycles. The van der Waals surface area contributed by atoms with Crippen LogP contribution in [0.1, 0.15) is 59.0 Å². The number of hydrogen-bond acceptors (Lipinski definition) is 4. The molecule has 1 aromatic heterocycles. The number of unbranched alkanes of at least 4 members (excludes halogenated alkanes) is 1. The number of Topliss-reactive ketones (excluding diaryl/α,β-unsaturated/α-hetero) is 1. The van der Waals surface area contributed by atoms with Gasteiger partial charge < -0.3 is 20.4 Å². The molecule has 1 aliphatic rings. The molecular formula is C21H28ClN3O3. The third-order valence-corrected chi connectivity index (χ3v) is 4.68. The first-order valence-corrected chi connectivity index (χ1v) is 9.67. The van der Waals surface area contributed by atoms with Gasteiger partial charge in [-0.2, -0.15) is 0 Å². The molecule has 1 amide bonds. The van der Waals surface area contributed by atoms with E-state index in [1.165, 1.54) is 12.8 Å². The Morgan fingerprint density at radius 1 is 1.18 bits per heavy atom. The second-order valence-corrected chi connectivity index (χ2v) is 6.76. The Balaban J connectivity index is 0.00000280. The summed E-state index contributed by atoms with van der Waals surface area (Å²) in [4.78, 5) is 27.7. The number of H-pyrrole nitrogens is 1. The van der Waals surface area contributed by atoms with Crippen molar-refractivity contribution in [1.82, 2.24) is 10.3 Å². The molecule has 1 heterocycles. The summed E-state index contributed by atoms with van der Waals surface area (Å²) in [5, 5.41) is 6.18. The van der Waals surface area contributed by atoms with Crippen molar-refractivity contribution in [2.75, 3.05) is 25.0 Å². The number of halogens is 1. The zero-order chi connectivity index (χ0) is 19.1. The van der Waals surface area contributed by atoms with Crippen molar-refractivity contribution in [3.8, 4) is 5.75 Å². The number of ether oxygens (including phenoxy) is 1. The summed E-state index contributed by atoms with van der Waals surface area (Å²) < 4.78 is 5.68. The molecule has 6 nitrogen and oxygen atoms in total. The Morgan fingerprint density at radius 3 is 2.71 bits per heavy atom. The fourth-order valence-corrected chi connectivity index (χ4v) is 3.21. The van der Waals surface area contributed by atoms with Gasteiger partial charge in [-0.3, -0.25) is 9.59 Å². The van der Waals surface area contributed by atoms with E-state index in [0.29, 0.717) is 29.8 Å². The van der Waals surface area contributed by atoms with Crippen molar-refractivity contribution < 1.29 is 14.3 Å². The van der Waals surface area contributed by atoms with Gasteiger partial charge >= 0.3 is 0 Å². The highest BCUT2D eigenvalue weighted by Gasteiger charge is 2.25. The summed E-state index contributed by atoms with van der Waals surface area (Å²) in [6.45, 7) is 4.59. The molecule has 3 rings (SSSR count). The molecular weight excluding hydrogens is 378 g/mol. The molecule has 0 saturated carbocycles. The second-order valence-electron chi connectivity index (χ2n) is 6.76. The molecule has 0 bridgehead atoms. The molecule has 1 aromatic carbocycles. The highest BCUT2D eigenvalue weighted by Crippen LogP contribution is 2.25. The summed E-state index contributed by atoms with van der Waals surface area (Å²) in [5.74, 6) is 0.537. The number of nitrogens with one attached hydrogen (secondary N) is 3. The SMILES string of the molecule is CCCCNCCOc1ccc(NC(=O)c2c[nH]c3c2C(=O)CCC3)cc1.Cl. The first kappa shape index (κ1) is 22.0. The van der Waals surface area contributed by atoms with Crippen molar-refractivity contribution in [1.29, 1.82) is 0 Å². The normalized spacial score (nSPS) is 12.8. The van der Waals surface area contributed by atoms with E-state index >= 15 is 0 Å². The Bertz CT molecular complexity index is 787. The number of rotatable bonds is 9. The van der Waals surface area contributed by atoms with Gasteiger partial charge in [-0.25, -0.2) is 0 Å². The molecule has 0 atom stereocenters. The fourth-order valence-electron chi connectivity index (χ4n) is 3.21. The molecule has 0 unspecified atom stereocenters. The van der Waals surface area contributed by atoms with E-state index in [4.69, 9.17) is 4.74 Å². The van der Waals surface area contributed by atoms with Gasteiger partial charge in [0.1, 0.15) is 12.4 Å².